The zero-order chi connectivity index (χ0) is 11.9. The maximum atomic E-state index is 9.42. The fourth-order valence-electron chi connectivity index (χ4n) is 2.46. The molecule has 2 N–H and O–H groups in total. The zero-order valence-corrected chi connectivity index (χ0v) is 11.6. The maximum absolute atomic E-state index is 9.42. The van der Waals surface area contributed by atoms with Crippen molar-refractivity contribution in [3.8, 4) is 0 Å². The summed E-state index contributed by atoms with van der Waals surface area (Å²) in [5, 5.41) is 13.6. The van der Waals surface area contributed by atoms with Gasteiger partial charge < -0.3 is 10.4 Å². The fourth-order valence-corrected chi connectivity index (χ4v) is 3.78. The third-order valence-corrected chi connectivity index (χ3v) is 5.43. The summed E-state index contributed by atoms with van der Waals surface area (Å²) in [6.07, 6.45) is 9.04. The Hall–Kier alpha value is 0.270. The predicted octanol–water partition coefficient (Wildman–Crippen LogP) is 2.80. The average Bonchev–Trinajstić information content (AvgIpc) is 2.83. The Bertz CT molecular complexity index is 169. The van der Waals surface area contributed by atoms with Gasteiger partial charge in [0.1, 0.15) is 0 Å². The Morgan fingerprint density at radius 3 is 2.56 bits per heavy atom. The molecule has 0 aromatic carbocycles. The van der Waals surface area contributed by atoms with E-state index in [1.54, 1.807) is 0 Å². The molecule has 0 aromatic heterocycles. The molecule has 0 aliphatic heterocycles. The van der Waals surface area contributed by atoms with Gasteiger partial charge in [-0.1, -0.05) is 19.8 Å². The molecule has 0 spiro atoms. The molecule has 1 aliphatic carbocycles. The molecule has 96 valence electrons. The van der Waals surface area contributed by atoms with Gasteiger partial charge in [0.2, 0.25) is 0 Å². The van der Waals surface area contributed by atoms with Gasteiger partial charge in [-0.05, 0) is 44.9 Å². The molecule has 0 bridgehead atoms. The summed E-state index contributed by atoms with van der Waals surface area (Å²) in [5.41, 5.74) is -0.0315. The molecule has 0 saturated heterocycles. The van der Waals surface area contributed by atoms with Crippen molar-refractivity contribution < 1.29 is 5.11 Å². The SMILES string of the molecule is CCC(CO)(CCCSC1CCCC1)NC. The van der Waals surface area contributed by atoms with E-state index in [4.69, 9.17) is 0 Å². The molecule has 1 rings (SSSR count). The van der Waals surface area contributed by atoms with Crippen LogP contribution in [0.3, 0.4) is 0 Å². The van der Waals surface area contributed by atoms with Crippen molar-refractivity contribution in [2.24, 2.45) is 0 Å². The molecular weight excluding hydrogens is 218 g/mol. The lowest BCUT2D eigenvalue weighted by Gasteiger charge is -2.30. The van der Waals surface area contributed by atoms with Crippen LogP contribution in [0, 0.1) is 0 Å². The summed E-state index contributed by atoms with van der Waals surface area (Å²) >= 11 is 2.15. The first-order valence-electron chi connectivity index (χ1n) is 6.67. The second kappa shape index (κ2) is 7.57. The first kappa shape index (κ1) is 14.3. The minimum atomic E-state index is -0.0315. The van der Waals surface area contributed by atoms with Crippen LogP contribution in [0.5, 0.6) is 0 Å². The Balaban J connectivity index is 2.12. The van der Waals surface area contributed by atoms with Gasteiger partial charge >= 0.3 is 0 Å². The van der Waals surface area contributed by atoms with Crippen molar-refractivity contribution in [1.82, 2.24) is 5.32 Å². The number of nitrogens with one attached hydrogen (secondary N) is 1. The number of thioether (sulfide) groups is 1. The monoisotopic (exact) mass is 245 g/mol. The van der Waals surface area contributed by atoms with Crippen molar-refractivity contribution in [3.63, 3.8) is 0 Å². The predicted molar refractivity (Wildman–Crippen MR) is 73.1 cm³/mol. The van der Waals surface area contributed by atoms with Crippen LogP contribution in [0.1, 0.15) is 51.9 Å². The third-order valence-electron chi connectivity index (χ3n) is 3.97. The Kier molecular flexibility index (Phi) is 6.78. The lowest BCUT2D eigenvalue weighted by Crippen LogP contribution is -2.45. The van der Waals surface area contributed by atoms with E-state index >= 15 is 0 Å². The molecule has 1 unspecified atom stereocenters. The molecule has 2 nitrogen and oxygen atoms in total. The first-order chi connectivity index (χ1) is 7.76. The minimum absolute atomic E-state index is 0.0315. The van der Waals surface area contributed by atoms with E-state index in [0.717, 1.165) is 18.1 Å². The van der Waals surface area contributed by atoms with E-state index in [1.165, 1.54) is 37.9 Å². The van der Waals surface area contributed by atoms with E-state index in [9.17, 15) is 5.11 Å². The van der Waals surface area contributed by atoms with Gasteiger partial charge in [-0.25, -0.2) is 0 Å². The van der Waals surface area contributed by atoms with Gasteiger partial charge in [0.15, 0.2) is 0 Å². The Morgan fingerprint density at radius 2 is 2.06 bits per heavy atom. The Labute approximate surface area is 105 Å². The molecule has 16 heavy (non-hydrogen) atoms. The van der Waals surface area contributed by atoms with Gasteiger partial charge in [0.05, 0.1) is 6.61 Å². The second-order valence-corrected chi connectivity index (χ2v) is 6.33. The van der Waals surface area contributed by atoms with Gasteiger partial charge in [-0.3, -0.25) is 0 Å². The molecule has 1 aliphatic rings. The molecule has 0 amide bonds. The average molecular weight is 245 g/mol. The van der Waals surface area contributed by atoms with Crippen LogP contribution in [0.2, 0.25) is 0 Å². The summed E-state index contributed by atoms with van der Waals surface area (Å²) < 4.78 is 0. The van der Waals surface area contributed by atoms with Crippen molar-refractivity contribution >= 4 is 11.8 Å². The molecule has 0 radical (unpaired) electrons. The van der Waals surface area contributed by atoms with Gasteiger partial charge in [-0.2, -0.15) is 11.8 Å². The maximum Gasteiger partial charge on any atom is 0.0613 e. The van der Waals surface area contributed by atoms with E-state index in [1.807, 2.05) is 7.05 Å². The van der Waals surface area contributed by atoms with Crippen molar-refractivity contribution in [2.45, 2.75) is 62.7 Å². The van der Waals surface area contributed by atoms with Gasteiger partial charge in [0.25, 0.3) is 0 Å². The molecule has 1 atom stereocenters. The van der Waals surface area contributed by atoms with E-state index in [2.05, 4.69) is 24.0 Å². The fraction of sp³-hybridized carbons (Fsp3) is 1.00. The highest BCUT2D eigenvalue weighted by molar-refractivity contribution is 7.99. The summed E-state index contributed by atoms with van der Waals surface area (Å²) in [6.45, 7) is 2.41. The van der Waals surface area contributed by atoms with E-state index < -0.39 is 0 Å². The van der Waals surface area contributed by atoms with Crippen LogP contribution in [-0.4, -0.2) is 35.3 Å². The van der Waals surface area contributed by atoms with Gasteiger partial charge in [0, 0.05) is 10.8 Å². The van der Waals surface area contributed by atoms with Crippen LogP contribution in [0.25, 0.3) is 0 Å². The lowest BCUT2D eigenvalue weighted by molar-refractivity contribution is 0.154. The van der Waals surface area contributed by atoms with E-state index in [0.29, 0.717) is 0 Å². The highest BCUT2D eigenvalue weighted by Crippen LogP contribution is 2.30. The molecule has 1 saturated carbocycles. The zero-order valence-electron chi connectivity index (χ0n) is 10.8. The third kappa shape index (κ3) is 4.27. The summed E-state index contributed by atoms with van der Waals surface area (Å²) in [5.74, 6) is 1.26. The molecule has 0 heterocycles. The van der Waals surface area contributed by atoms with Crippen LogP contribution in [0.4, 0.5) is 0 Å². The van der Waals surface area contributed by atoms with Crippen LogP contribution >= 0.6 is 11.8 Å². The quantitative estimate of drug-likeness (QED) is 0.645. The summed E-state index contributed by atoms with van der Waals surface area (Å²) in [7, 11) is 1.96. The minimum Gasteiger partial charge on any atom is -0.394 e. The molecule has 1 fully saturated rings. The first-order valence-corrected chi connectivity index (χ1v) is 7.72. The number of hydrogen-bond donors (Lipinski definition) is 2. The summed E-state index contributed by atoms with van der Waals surface area (Å²) in [4.78, 5) is 0. The van der Waals surface area contributed by atoms with Crippen LogP contribution < -0.4 is 5.32 Å². The standard InChI is InChI=1S/C13H27NOS/c1-3-13(11-15,14-2)9-6-10-16-12-7-4-5-8-12/h12,14-15H,3-11H2,1-2H3. The normalized spacial score (nSPS) is 21.2. The van der Waals surface area contributed by atoms with Crippen LogP contribution in [-0.2, 0) is 0 Å². The van der Waals surface area contributed by atoms with Crippen LogP contribution in [0.15, 0.2) is 0 Å². The number of likely N-dealkylation sites (N-methyl/N-ethyl adjacent to an activating group) is 1. The second-order valence-electron chi connectivity index (χ2n) is 4.92. The smallest absolute Gasteiger partial charge is 0.0613 e. The van der Waals surface area contributed by atoms with Crippen molar-refractivity contribution in [3.05, 3.63) is 0 Å². The molecule has 3 heteroatoms. The van der Waals surface area contributed by atoms with Crippen molar-refractivity contribution in [1.29, 1.82) is 0 Å². The van der Waals surface area contributed by atoms with E-state index in [-0.39, 0.29) is 12.1 Å². The number of aliphatic hydroxyl groups is 1. The van der Waals surface area contributed by atoms with Gasteiger partial charge in [-0.15, -0.1) is 0 Å². The molecule has 0 aromatic rings. The largest absolute Gasteiger partial charge is 0.394 e. The number of hydrogen-bond acceptors (Lipinski definition) is 3. The topological polar surface area (TPSA) is 32.3 Å². The number of rotatable bonds is 8. The number of aliphatic hydroxyl groups excluding tert-OH is 1. The Morgan fingerprint density at radius 1 is 1.38 bits per heavy atom. The lowest BCUT2D eigenvalue weighted by atomic mass is 9.92. The van der Waals surface area contributed by atoms with Crippen molar-refractivity contribution in [2.75, 3.05) is 19.4 Å². The molecular formula is C13H27NOS. The highest BCUT2D eigenvalue weighted by atomic mass is 32.2. The summed E-state index contributed by atoms with van der Waals surface area (Å²) in [6, 6.07) is 0. The highest BCUT2D eigenvalue weighted by Gasteiger charge is 2.24.